The second kappa shape index (κ2) is 7.70. The Morgan fingerprint density at radius 3 is 2.12 bits per heavy atom. The van der Waals surface area contributed by atoms with Gasteiger partial charge in [0.1, 0.15) is 0 Å². The van der Waals surface area contributed by atoms with Gasteiger partial charge in [0.15, 0.2) is 5.57 Å². The number of methoxy groups -OCH3 is 2. The molecule has 1 aliphatic rings. The lowest BCUT2D eigenvalue weighted by atomic mass is 10.0. The predicted molar refractivity (Wildman–Crippen MR) is 99.2 cm³/mol. The molecule has 3 rings (SSSR count). The van der Waals surface area contributed by atoms with Crippen LogP contribution < -0.4 is 4.90 Å². The highest BCUT2D eigenvalue weighted by Gasteiger charge is 2.29. The normalized spacial score (nSPS) is 12.4. The molecule has 5 heteroatoms. The van der Waals surface area contributed by atoms with Crippen LogP contribution in [0, 0.1) is 0 Å². The molecule has 0 amide bonds. The summed E-state index contributed by atoms with van der Waals surface area (Å²) in [6.45, 7) is 0.495. The van der Waals surface area contributed by atoms with Crippen LogP contribution in [0.1, 0.15) is 11.1 Å². The maximum Gasteiger partial charge on any atom is 0.347 e. The van der Waals surface area contributed by atoms with Crippen molar-refractivity contribution in [3.05, 3.63) is 83.1 Å². The van der Waals surface area contributed by atoms with Crippen LogP contribution in [0.4, 0.5) is 5.69 Å². The SMILES string of the molecule is COC(=O)C(C(=O)OC)=C1C=Cc2ccccc2N1Cc1ccccc1. The summed E-state index contributed by atoms with van der Waals surface area (Å²) in [5.74, 6) is -1.46. The van der Waals surface area contributed by atoms with Gasteiger partial charge in [-0.05, 0) is 23.3 Å². The van der Waals surface area contributed by atoms with Gasteiger partial charge in [0.05, 0.1) is 19.9 Å². The number of rotatable bonds is 4. The minimum Gasteiger partial charge on any atom is -0.465 e. The summed E-state index contributed by atoms with van der Waals surface area (Å²) >= 11 is 0. The maximum absolute atomic E-state index is 12.3. The van der Waals surface area contributed by atoms with E-state index >= 15 is 0 Å². The van der Waals surface area contributed by atoms with E-state index in [1.807, 2.05) is 65.6 Å². The predicted octanol–water partition coefficient (Wildman–Crippen LogP) is 3.32. The molecule has 0 saturated heterocycles. The molecule has 26 heavy (non-hydrogen) atoms. The van der Waals surface area contributed by atoms with Crippen LogP contribution in [0.5, 0.6) is 0 Å². The van der Waals surface area contributed by atoms with Crippen LogP contribution in [0.3, 0.4) is 0 Å². The number of ether oxygens (including phenoxy) is 2. The summed E-state index contributed by atoms with van der Waals surface area (Å²) in [6, 6.07) is 17.6. The van der Waals surface area contributed by atoms with Gasteiger partial charge in [-0.3, -0.25) is 0 Å². The number of hydrogen-bond acceptors (Lipinski definition) is 5. The summed E-state index contributed by atoms with van der Waals surface area (Å²) in [6.07, 6.45) is 3.62. The zero-order chi connectivity index (χ0) is 18.5. The molecule has 2 aromatic carbocycles. The maximum atomic E-state index is 12.3. The van der Waals surface area contributed by atoms with Gasteiger partial charge in [0.2, 0.25) is 0 Å². The minimum absolute atomic E-state index is 0.128. The van der Waals surface area contributed by atoms with Crippen molar-refractivity contribution in [1.29, 1.82) is 0 Å². The topological polar surface area (TPSA) is 55.8 Å². The van der Waals surface area contributed by atoms with E-state index < -0.39 is 11.9 Å². The van der Waals surface area contributed by atoms with Crippen molar-refractivity contribution < 1.29 is 19.1 Å². The molecule has 2 aromatic rings. The first-order chi connectivity index (χ1) is 12.7. The molecule has 0 atom stereocenters. The number of para-hydroxylation sites is 1. The lowest BCUT2D eigenvalue weighted by Crippen LogP contribution is -2.30. The van der Waals surface area contributed by atoms with E-state index in [-0.39, 0.29) is 5.57 Å². The van der Waals surface area contributed by atoms with Gasteiger partial charge in [-0.2, -0.15) is 0 Å². The largest absolute Gasteiger partial charge is 0.465 e. The fraction of sp³-hybridized carbons (Fsp3) is 0.143. The Kier molecular flexibility index (Phi) is 5.17. The van der Waals surface area contributed by atoms with Gasteiger partial charge >= 0.3 is 11.9 Å². The molecular formula is C21H19NO4. The van der Waals surface area contributed by atoms with E-state index in [0.29, 0.717) is 12.2 Å². The van der Waals surface area contributed by atoms with Gasteiger partial charge < -0.3 is 14.4 Å². The Labute approximate surface area is 152 Å². The Morgan fingerprint density at radius 1 is 0.846 bits per heavy atom. The van der Waals surface area contributed by atoms with Gasteiger partial charge in [0, 0.05) is 12.2 Å². The molecule has 5 nitrogen and oxygen atoms in total. The smallest absolute Gasteiger partial charge is 0.347 e. The highest BCUT2D eigenvalue weighted by molar-refractivity contribution is 6.16. The van der Waals surface area contributed by atoms with E-state index in [0.717, 1.165) is 16.8 Å². The fourth-order valence-corrected chi connectivity index (χ4v) is 2.91. The Balaban J connectivity index is 2.17. The second-order valence-electron chi connectivity index (χ2n) is 5.71. The third-order valence-corrected chi connectivity index (χ3v) is 4.16. The van der Waals surface area contributed by atoms with Gasteiger partial charge in [-0.15, -0.1) is 0 Å². The number of carbonyl (C=O) groups excluding carboxylic acids is 2. The van der Waals surface area contributed by atoms with Crippen LogP contribution in [0.15, 0.2) is 71.9 Å². The fourth-order valence-electron chi connectivity index (χ4n) is 2.91. The molecule has 1 heterocycles. The molecule has 0 fully saturated rings. The summed E-state index contributed by atoms with van der Waals surface area (Å²) in [5.41, 5.74) is 3.27. The van der Waals surface area contributed by atoms with Crippen molar-refractivity contribution in [3.8, 4) is 0 Å². The third kappa shape index (κ3) is 3.37. The zero-order valence-corrected chi connectivity index (χ0v) is 14.6. The van der Waals surface area contributed by atoms with Crippen molar-refractivity contribution in [3.63, 3.8) is 0 Å². The Morgan fingerprint density at radius 2 is 1.46 bits per heavy atom. The molecule has 0 bridgehead atoms. The third-order valence-electron chi connectivity index (χ3n) is 4.16. The van der Waals surface area contributed by atoms with Crippen LogP contribution in [-0.4, -0.2) is 26.2 Å². The second-order valence-corrected chi connectivity index (χ2v) is 5.71. The van der Waals surface area contributed by atoms with E-state index in [1.165, 1.54) is 14.2 Å². The molecule has 0 aliphatic carbocycles. The van der Waals surface area contributed by atoms with Crippen molar-refractivity contribution >= 4 is 23.7 Å². The number of anilines is 1. The molecule has 0 aromatic heterocycles. The Hall–Kier alpha value is -3.34. The molecule has 0 N–H and O–H groups in total. The number of benzene rings is 2. The van der Waals surface area contributed by atoms with Crippen molar-refractivity contribution in [1.82, 2.24) is 0 Å². The standard InChI is InChI=1S/C21H19NO4/c1-25-20(23)19(21(24)26-2)18-13-12-16-10-6-7-11-17(16)22(18)14-15-8-4-3-5-9-15/h3-13H,14H2,1-2H3. The van der Waals surface area contributed by atoms with Gasteiger partial charge in [0.25, 0.3) is 0 Å². The molecular weight excluding hydrogens is 330 g/mol. The first-order valence-electron chi connectivity index (χ1n) is 8.15. The van der Waals surface area contributed by atoms with Gasteiger partial charge in [-0.25, -0.2) is 9.59 Å². The van der Waals surface area contributed by atoms with Crippen molar-refractivity contribution in [2.45, 2.75) is 6.54 Å². The monoisotopic (exact) mass is 349 g/mol. The zero-order valence-electron chi connectivity index (χ0n) is 14.6. The quantitative estimate of drug-likeness (QED) is 0.367. The first kappa shape index (κ1) is 17.5. The average Bonchev–Trinajstić information content (AvgIpc) is 2.70. The summed E-state index contributed by atoms with van der Waals surface area (Å²) in [7, 11) is 2.49. The summed E-state index contributed by atoms with van der Waals surface area (Å²) in [4.78, 5) is 26.5. The molecule has 132 valence electrons. The first-order valence-corrected chi connectivity index (χ1v) is 8.15. The van der Waals surface area contributed by atoms with Crippen LogP contribution >= 0.6 is 0 Å². The van der Waals surface area contributed by atoms with Crippen LogP contribution in [-0.2, 0) is 25.6 Å². The van der Waals surface area contributed by atoms with E-state index in [2.05, 4.69) is 0 Å². The Bertz CT molecular complexity index is 866. The molecule has 0 spiro atoms. The summed E-state index contributed by atoms with van der Waals surface area (Å²) in [5, 5.41) is 0. The van der Waals surface area contributed by atoms with Crippen LogP contribution in [0.2, 0.25) is 0 Å². The number of nitrogens with zero attached hydrogens (tertiary/aromatic N) is 1. The molecule has 0 radical (unpaired) electrons. The molecule has 0 saturated carbocycles. The minimum atomic E-state index is -0.728. The number of hydrogen-bond donors (Lipinski definition) is 0. The van der Waals surface area contributed by atoms with Gasteiger partial charge in [-0.1, -0.05) is 54.6 Å². The van der Waals surface area contributed by atoms with Crippen LogP contribution in [0.25, 0.3) is 6.08 Å². The highest BCUT2D eigenvalue weighted by Crippen LogP contribution is 2.34. The molecule has 0 unspecified atom stereocenters. The molecule has 1 aliphatic heterocycles. The lowest BCUT2D eigenvalue weighted by Gasteiger charge is -2.31. The van der Waals surface area contributed by atoms with Crippen molar-refractivity contribution in [2.75, 3.05) is 19.1 Å². The average molecular weight is 349 g/mol. The lowest BCUT2D eigenvalue weighted by molar-refractivity contribution is -0.144. The number of fused-ring (bicyclic) bond motifs is 1. The van der Waals surface area contributed by atoms with E-state index in [4.69, 9.17) is 9.47 Å². The van der Waals surface area contributed by atoms with E-state index in [9.17, 15) is 9.59 Å². The van der Waals surface area contributed by atoms with Crippen molar-refractivity contribution in [2.24, 2.45) is 0 Å². The number of esters is 2. The summed E-state index contributed by atoms with van der Waals surface area (Å²) < 4.78 is 9.63. The number of carbonyl (C=O) groups is 2. The number of allylic oxidation sites excluding steroid dienone is 1. The highest BCUT2D eigenvalue weighted by atomic mass is 16.5. The van der Waals surface area contributed by atoms with E-state index in [1.54, 1.807) is 6.08 Å².